The van der Waals surface area contributed by atoms with Gasteiger partial charge in [0.15, 0.2) is 6.07 Å². The zero-order valence-corrected chi connectivity index (χ0v) is 9.89. The highest BCUT2D eigenvalue weighted by molar-refractivity contribution is 6.35. The number of nitriles is 1. The van der Waals surface area contributed by atoms with Crippen molar-refractivity contribution in [3.05, 3.63) is 27.7 Å². The van der Waals surface area contributed by atoms with E-state index >= 15 is 0 Å². The van der Waals surface area contributed by atoms with E-state index in [1.165, 1.54) is 19.2 Å². The SMILES string of the molecule is COc1c(Cl)cc(Cl)cc1CNC(=O)C#N. The molecule has 0 spiro atoms. The second-order valence-electron chi connectivity index (χ2n) is 2.87. The minimum atomic E-state index is -0.724. The van der Waals surface area contributed by atoms with Crippen LogP contribution in [0.1, 0.15) is 5.56 Å². The number of rotatable bonds is 3. The Kier molecular flexibility index (Phi) is 4.41. The van der Waals surface area contributed by atoms with Crippen LogP contribution in [-0.2, 0) is 11.3 Å². The molecule has 0 radical (unpaired) electrons. The molecular weight excluding hydrogens is 251 g/mol. The Labute approximate surface area is 103 Å². The van der Waals surface area contributed by atoms with Gasteiger partial charge in [-0.25, -0.2) is 0 Å². The fourth-order valence-electron chi connectivity index (χ4n) is 1.19. The molecule has 0 heterocycles. The molecule has 1 N–H and O–H groups in total. The first-order valence-electron chi connectivity index (χ1n) is 4.28. The Morgan fingerprint density at radius 1 is 1.56 bits per heavy atom. The highest BCUT2D eigenvalue weighted by Gasteiger charge is 2.10. The van der Waals surface area contributed by atoms with Gasteiger partial charge in [-0.1, -0.05) is 23.2 Å². The lowest BCUT2D eigenvalue weighted by Gasteiger charge is -2.10. The molecule has 0 saturated carbocycles. The van der Waals surface area contributed by atoms with Gasteiger partial charge in [0.25, 0.3) is 0 Å². The van der Waals surface area contributed by atoms with Crippen LogP contribution >= 0.6 is 23.2 Å². The van der Waals surface area contributed by atoms with E-state index in [0.717, 1.165) is 0 Å². The number of nitrogens with zero attached hydrogens (tertiary/aromatic N) is 1. The first-order chi connectivity index (χ1) is 7.58. The summed E-state index contributed by atoms with van der Waals surface area (Å²) in [4.78, 5) is 10.8. The van der Waals surface area contributed by atoms with Gasteiger partial charge in [-0.2, -0.15) is 5.26 Å². The molecule has 0 atom stereocenters. The maximum atomic E-state index is 10.8. The van der Waals surface area contributed by atoms with Crippen molar-refractivity contribution in [1.29, 1.82) is 5.26 Å². The summed E-state index contributed by atoms with van der Waals surface area (Å²) in [6.07, 6.45) is 0. The first kappa shape index (κ1) is 12.6. The number of halogens is 2. The van der Waals surface area contributed by atoms with Crippen molar-refractivity contribution in [2.24, 2.45) is 0 Å². The van der Waals surface area contributed by atoms with Gasteiger partial charge >= 0.3 is 5.91 Å². The summed E-state index contributed by atoms with van der Waals surface area (Å²) >= 11 is 11.7. The van der Waals surface area contributed by atoms with E-state index in [1.54, 1.807) is 6.07 Å². The summed E-state index contributed by atoms with van der Waals surface area (Å²) in [5.41, 5.74) is 0.614. The Morgan fingerprint density at radius 3 is 2.81 bits per heavy atom. The van der Waals surface area contributed by atoms with Crippen LogP contribution in [0.5, 0.6) is 5.75 Å². The fraction of sp³-hybridized carbons (Fsp3) is 0.200. The molecule has 0 aliphatic carbocycles. The van der Waals surface area contributed by atoms with Gasteiger partial charge in [0, 0.05) is 17.1 Å². The number of methoxy groups -OCH3 is 1. The van der Waals surface area contributed by atoms with Crippen LogP contribution in [-0.4, -0.2) is 13.0 Å². The van der Waals surface area contributed by atoms with Crippen molar-refractivity contribution in [1.82, 2.24) is 5.32 Å². The van der Waals surface area contributed by atoms with E-state index in [4.69, 9.17) is 33.2 Å². The zero-order chi connectivity index (χ0) is 12.1. The van der Waals surface area contributed by atoms with Crippen LogP contribution in [0.3, 0.4) is 0 Å². The van der Waals surface area contributed by atoms with Crippen molar-refractivity contribution in [3.63, 3.8) is 0 Å². The van der Waals surface area contributed by atoms with Gasteiger partial charge in [0.2, 0.25) is 0 Å². The molecule has 0 unspecified atom stereocenters. The molecule has 16 heavy (non-hydrogen) atoms. The average Bonchev–Trinajstić information content (AvgIpc) is 2.25. The van der Waals surface area contributed by atoms with Crippen molar-refractivity contribution < 1.29 is 9.53 Å². The van der Waals surface area contributed by atoms with E-state index in [0.29, 0.717) is 21.4 Å². The molecule has 0 fully saturated rings. The second-order valence-corrected chi connectivity index (χ2v) is 3.72. The molecule has 6 heteroatoms. The molecule has 84 valence electrons. The monoisotopic (exact) mass is 258 g/mol. The third-order valence-electron chi connectivity index (χ3n) is 1.83. The topological polar surface area (TPSA) is 62.1 Å². The standard InChI is InChI=1S/C10H8Cl2N2O2/c1-16-10-6(5-14-9(15)4-13)2-7(11)3-8(10)12/h2-3H,5H2,1H3,(H,14,15). The number of ether oxygens (including phenoxy) is 1. The number of carbonyl (C=O) groups is 1. The second kappa shape index (κ2) is 5.59. The van der Waals surface area contributed by atoms with Crippen molar-refractivity contribution in [2.75, 3.05) is 7.11 Å². The number of hydrogen-bond acceptors (Lipinski definition) is 3. The van der Waals surface area contributed by atoms with Gasteiger partial charge < -0.3 is 10.1 Å². The Bertz CT molecular complexity index is 455. The number of hydrogen-bond donors (Lipinski definition) is 1. The normalized spacial score (nSPS) is 9.38. The molecule has 1 rings (SSSR count). The minimum absolute atomic E-state index is 0.135. The average molecular weight is 259 g/mol. The van der Waals surface area contributed by atoms with Crippen molar-refractivity contribution in [2.45, 2.75) is 6.54 Å². The van der Waals surface area contributed by atoms with Crippen LogP contribution in [0, 0.1) is 11.3 Å². The molecular formula is C10H8Cl2N2O2. The van der Waals surface area contributed by atoms with Gasteiger partial charge in [0.1, 0.15) is 5.75 Å². The van der Waals surface area contributed by atoms with Crippen LogP contribution < -0.4 is 10.1 Å². The smallest absolute Gasteiger partial charge is 0.322 e. The van der Waals surface area contributed by atoms with E-state index in [9.17, 15) is 4.79 Å². The van der Waals surface area contributed by atoms with Crippen LogP contribution in [0.4, 0.5) is 0 Å². The summed E-state index contributed by atoms with van der Waals surface area (Å²) in [5, 5.41) is 11.5. The summed E-state index contributed by atoms with van der Waals surface area (Å²) < 4.78 is 5.07. The molecule has 0 saturated heterocycles. The lowest BCUT2D eigenvalue weighted by molar-refractivity contribution is -0.116. The third-order valence-corrected chi connectivity index (χ3v) is 2.33. The largest absolute Gasteiger partial charge is 0.495 e. The molecule has 4 nitrogen and oxygen atoms in total. The van der Waals surface area contributed by atoms with E-state index in [-0.39, 0.29) is 6.54 Å². The predicted molar refractivity (Wildman–Crippen MR) is 60.5 cm³/mol. The number of carbonyl (C=O) groups excluding carboxylic acids is 1. The summed E-state index contributed by atoms with van der Waals surface area (Å²) in [6.45, 7) is 0.135. The maximum Gasteiger partial charge on any atom is 0.322 e. The van der Waals surface area contributed by atoms with Gasteiger partial charge in [-0.3, -0.25) is 4.79 Å². The lowest BCUT2D eigenvalue weighted by Crippen LogP contribution is -2.20. The molecule has 1 amide bonds. The summed E-state index contributed by atoms with van der Waals surface area (Å²) in [5.74, 6) is -0.289. The molecule has 1 aromatic rings. The number of amides is 1. The summed E-state index contributed by atoms with van der Waals surface area (Å²) in [7, 11) is 1.46. The van der Waals surface area contributed by atoms with Gasteiger partial charge in [-0.15, -0.1) is 0 Å². The quantitative estimate of drug-likeness (QED) is 0.846. The molecule has 1 aromatic carbocycles. The molecule has 0 aliphatic heterocycles. The number of nitrogens with one attached hydrogen (secondary N) is 1. The zero-order valence-electron chi connectivity index (χ0n) is 8.38. The van der Waals surface area contributed by atoms with Gasteiger partial charge in [0.05, 0.1) is 12.1 Å². The fourth-order valence-corrected chi connectivity index (χ4v) is 1.80. The minimum Gasteiger partial charge on any atom is -0.495 e. The predicted octanol–water partition coefficient (Wildman–Crippen LogP) is 2.14. The van der Waals surface area contributed by atoms with Crippen molar-refractivity contribution >= 4 is 29.1 Å². The van der Waals surface area contributed by atoms with Crippen LogP contribution in [0.2, 0.25) is 10.0 Å². The van der Waals surface area contributed by atoms with E-state index in [1.807, 2.05) is 0 Å². The highest BCUT2D eigenvalue weighted by Crippen LogP contribution is 2.31. The van der Waals surface area contributed by atoms with Gasteiger partial charge in [-0.05, 0) is 12.1 Å². The third kappa shape index (κ3) is 3.02. The van der Waals surface area contributed by atoms with Crippen LogP contribution in [0.25, 0.3) is 0 Å². The number of benzene rings is 1. The Balaban J connectivity index is 2.94. The summed E-state index contributed by atoms with van der Waals surface area (Å²) in [6, 6.07) is 4.60. The van der Waals surface area contributed by atoms with Crippen molar-refractivity contribution in [3.8, 4) is 11.8 Å². The Morgan fingerprint density at radius 2 is 2.25 bits per heavy atom. The molecule has 0 aliphatic rings. The first-order valence-corrected chi connectivity index (χ1v) is 5.04. The lowest BCUT2D eigenvalue weighted by atomic mass is 10.2. The Hall–Kier alpha value is -1.44. The van der Waals surface area contributed by atoms with E-state index in [2.05, 4.69) is 5.32 Å². The highest BCUT2D eigenvalue weighted by atomic mass is 35.5. The van der Waals surface area contributed by atoms with Crippen LogP contribution in [0.15, 0.2) is 12.1 Å². The molecule has 0 bridgehead atoms. The maximum absolute atomic E-state index is 10.8. The van der Waals surface area contributed by atoms with E-state index < -0.39 is 5.91 Å². The molecule has 0 aromatic heterocycles.